The van der Waals surface area contributed by atoms with Gasteiger partial charge in [0.2, 0.25) is 0 Å². The normalized spacial score (nSPS) is 20.1. The molecule has 0 radical (unpaired) electrons. The molecule has 3 heteroatoms. The Hall–Kier alpha value is -0.960. The first-order valence-corrected chi connectivity index (χ1v) is 5.30. The van der Waals surface area contributed by atoms with Gasteiger partial charge >= 0.3 is 0 Å². The Morgan fingerprint density at radius 3 is 2.27 bits per heavy atom. The Bertz CT molecular complexity index is 315. The highest BCUT2D eigenvalue weighted by atomic mass is 19.1. The Kier molecular flexibility index (Phi) is 3.00. The van der Waals surface area contributed by atoms with Crippen LogP contribution in [0.15, 0.2) is 24.3 Å². The van der Waals surface area contributed by atoms with Crippen molar-refractivity contribution in [3.05, 3.63) is 35.6 Å². The predicted octanol–water partition coefficient (Wildman–Crippen LogP) is 2.42. The molecule has 0 saturated carbocycles. The van der Waals surface area contributed by atoms with Gasteiger partial charge in [-0.1, -0.05) is 12.1 Å². The first-order valence-electron chi connectivity index (χ1n) is 5.30. The Balaban J connectivity index is 2.28. The molecule has 82 valence electrons. The van der Waals surface area contributed by atoms with Crippen LogP contribution in [-0.4, -0.2) is 19.8 Å². The van der Waals surface area contributed by atoms with E-state index < -0.39 is 0 Å². The van der Waals surface area contributed by atoms with Crippen LogP contribution in [0.5, 0.6) is 0 Å². The number of nitrogens with one attached hydrogen (secondary N) is 1. The number of benzene rings is 1. The number of piperidine rings is 1. The van der Waals surface area contributed by atoms with E-state index in [1.807, 2.05) is 0 Å². The van der Waals surface area contributed by atoms with E-state index in [0.717, 1.165) is 31.5 Å². The van der Waals surface area contributed by atoms with Gasteiger partial charge in [0.05, 0.1) is 6.67 Å². The maximum Gasteiger partial charge on any atom is 0.123 e. The maximum absolute atomic E-state index is 13.2. The maximum atomic E-state index is 13.2. The average Bonchev–Trinajstić information content (AvgIpc) is 2.31. The summed E-state index contributed by atoms with van der Waals surface area (Å²) in [5.41, 5.74) is 0.534. The van der Waals surface area contributed by atoms with Gasteiger partial charge in [0, 0.05) is 5.41 Å². The molecule has 0 unspecified atom stereocenters. The topological polar surface area (TPSA) is 12.0 Å². The van der Waals surface area contributed by atoms with Crippen LogP contribution in [0, 0.1) is 5.82 Å². The smallest absolute Gasteiger partial charge is 0.123 e. The van der Waals surface area contributed by atoms with Crippen molar-refractivity contribution in [2.45, 2.75) is 18.3 Å². The lowest BCUT2D eigenvalue weighted by Gasteiger charge is -2.35. The molecule has 0 aliphatic carbocycles. The molecule has 0 amide bonds. The third-order valence-electron chi connectivity index (χ3n) is 3.27. The SMILES string of the molecule is FCC1(c2ccc(F)cc2)CCNCC1. The van der Waals surface area contributed by atoms with E-state index >= 15 is 0 Å². The summed E-state index contributed by atoms with van der Waals surface area (Å²) in [6, 6.07) is 6.24. The van der Waals surface area contributed by atoms with Gasteiger partial charge in [0.1, 0.15) is 5.82 Å². The molecule has 0 spiro atoms. The average molecular weight is 211 g/mol. The first kappa shape index (κ1) is 10.6. The van der Waals surface area contributed by atoms with Gasteiger partial charge in [-0.3, -0.25) is 4.39 Å². The van der Waals surface area contributed by atoms with Crippen LogP contribution in [-0.2, 0) is 5.41 Å². The quantitative estimate of drug-likeness (QED) is 0.792. The van der Waals surface area contributed by atoms with Crippen LogP contribution >= 0.6 is 0 Å². The van der Waals surface area contributed by atoms with Crippen molar-refractivity contribution in [2.75, 3.05) is 19.8 Å². The predicted molar refractivity (Wildman–Crippen MR) is 56.2 cm³/mol. The molecular weight excluding hydrogens is 196 g/mol. The lowest BCUT2D eigenvalue weighted by atomic mass is 9.74. The summed E-state index contributed by atoms with van der Waals surface area (Å²) < 4.78 is 26.0. The molecular formula is C12H15F2N. The zero-order valence-electron chi connectivity index (χ0n) is 8.60. The monoisotopic (exact) mass is 211 g/mol. The van der Waals surface area contributed by atoms with Crippen molar-refractivity contribution in [1.82, 2.24) is 5.32 Å². The van der Waals surface area contributed by atoms with E-state index in [1.54, 1.807) is 12.1 Å². The third kappa shape index (κ3) is 2.02. The number of alkyl halides is 1. The van der Waals surface area contributed by atoms with Crippen molar-refractivity contribution in [2.24, 2.45) is 0 Å². The molecule has 1 nitrogen and oxygen atoms in total. The van der Waals surface area contributed by atoms with Crippen molar-refractivity contribution >= 4 is 0 Å². The molecule has 1 fully saturated rings. The lowest BCUT2D eigenvalue weighted by molar-refractivity contribution is 0.237. The molecule has 0 bridgehead atoms. The van der Waals surface area contributed by atoms with Crippen LogP contribution in [0.25, 0.3) is 0 Å². The highest BCUT2D eigenvalue weighted by Crippen LogP contribution is 2.33. The molecule has 1 N–H and O–H groups in total. The van der Waals surface area contributed by atoms with Gasteiger partial charge in [0.25, 0.3) is 0 Å². The van der Waals surface area contributed by atoms with Crippen LogP contribution in [0.2, 0.25) is 0 Å². The van der Waals surface area contributed by atoms with Gasteiger partial charge in [-0.25, -0.2) is 4.39 Å². The van der Waals surface area contributed by atoms with Crippen molar-refractivity contribution in [3.63, 3.8) is 0 Å². The largest absolute Gasteiger partial charge is 0.317 e. The van der Waals surface area contributed by atoms with Gasteiger partial charge in [-0.05, 0) is 43.6 Å². The minimum atomic E-state index is -0.390. The Labute approximate surface area is 88.5 Å². The van der Waals surface area contributed by atoms with Crippen LogP contribution in [0.3, 0.4) is 0 Å². The van der Waals surface area contributed by atoms with E-state index in [0.29, 0.717) is 0 Å². The zero-order chi connectivity index (χ0) is 10.7. The Morgan fingerprint density at radius 1 is 1.13 bits per heavy atom. The number of halogens is 2. The second-order valence-electron chi connectivity index (χ2n) is 4.17. The summed E-state index contributed by atoms with van der Waals surface area (Å²) in [4.78, 5) is 0. The molecule has 1 aromatic carbocycles. The fourth-order valence-corrected chi connectivity index (χ4v) is 2.21. The summed E-state index contributed by atoms with van der Waals surface area (Å²) in [7, 11) is 0. The summed E-state index contributed by atoms with van der Waals surface area (Å²) in [5.74, 6) is -0.262. The van der Waals surface area contributed by atoms with Gasteiger partial charge < -0.3 is 5.32 Å². The summed E-state index contributed by atoms with van der Waals surface area (Å²) in [6.07, 6.45) is 1.57. The van der Waals surface area contributed by atoms with E-state index in [4.69, 9.17) is 0 Å². The van der Waals surface area contributed by atoms with Crippen LogP contribution in [0.4, 0.5) is 8.78 Å². The van der Waals surface area contributed by atoms with Gasteiger partial charge in [-0.2, -0.15) is 0 Å². The lowest BCUT2D eigenvalue weighted by Crippen LogP contribution is -2.41. The van der Waals surface area contributed by atoms with Gasteiger partial charge in [-0.15, -0.1) is 0 Å². The first-order chi connectivity index (χ1) is 7.27. The number of rotatable bonds is 2. The second kappa shape index (κ2) is 4.27. The van der Waals surface area contributed by atoms with E-state index in [1.165, 1.54) is 12.1 Å². The molecule has 15 heavy (non-hydrogen) atoms. The van der Waals surface area contributed by atoms with Gasteiger partial charge in [0.15, 0.2) is 0 Å². The van der Waals surface area contributed by atoms with Crippen LogP contribution in [0.1, 0.15) is 18.4 Å². The molecule has 0 atom stereocenters. The molecule has 1 aliphatic rings. The highest BCUT2D eigenvalue weighted by Gasteiger charge is 2.33. The van der Waals surface area contributed by atoms with E-state index in [-0.39, 0.29) is 17.9 Å². The van der Waals surface area contributed by atoms with Crippen molar-refractivity contribution < 1.29 is 8.78 Å². The molecule has 1 saturated heterocycles. The van der Waals surface area contributed by atoms with Crippen molar-refractivity contribution in [3.8, 4) is 0 Å². The highest BCUT2D eigenvalue weighted by molar-refractivity contribution is 5.27. The molecule has 0 aromatic heterocycles. The standard InChI is InChI=1S/C12H15F2N/c13-9-12(5-7-15-8-6-12)10-1-3-11(14)4-2-10/h1-4,15H,5-9H2. The Morgan fingerprint density at radius 2 is 1.73 bits per heavy atom. The zero-order valence-corrected chi connectivity index (χ0v) is 8.60. The molecule has 1 heterocycles. The number of hydrogen-bond acceptors (Lipinski definition) is 1. The number of hydrogen-bond donors (Lipinski definition) is 1. The molecule has 1 aromatic rings. The summed E-state index contributed by atoms with van der Waals surface area (Å²) in [5, 5.41) is 3.21. The third-order valence-corrected chi connectivity index (χ3v) is 3.27. The minimum Gasteiger partial charge on any atom is -0.317 e. The van der Waals surface area contributed by atoms with E-state index in [9.17, 15) is 8.78 Å². The van der Waals surface area contributed by atoms with Crippen LogP contribution < -0.4 is 5.32 Å². The molecule has 1 aliphatic heterocycles. The van der Waals surface area contributed by atoms with Crippen molar-refractivity contribution in [1.29, 1.82) is 0 Å². The summed E-state index contributed by atoms with van der Waals surface area (Å²) >= 11 is 0. The molecule has 2 rings (SSSR count). The fraction of sp³-hybridized carbons (Fsp3) is 0.500. The fourth-order valence-electron chi connectivity index (χ4n) is 2.21. The second-order valence-corrected chi connectivity index (χ2v) is 4.17. The van der Waals surface area contributed by atoms with E-state index in [2.05, 4.69) is 5.32 Å². The minimum absolute atomic E-state index is 0.262. The summed E-state index contributed by atoms with van der Waals surface area (Å²) in [6.45, 7) is 1.31.